The fraction of sp³-hybridized carbons (Fsp3) is 0.250. The van der Waals surface area contributed by atoms with Crippen LogP contribution in [0.2, 0.25) is 0 Å². The van der Waals surface area contributed by atoms with E-state index in [9.17, 15) is 14.7 Å². The summed E-state index contributed by atoms with van der Waals surface area (Å²) in [6.07, 6.45) is 1.61. The second kappa shape index (κ2) is 5.33. The lowest BCUT2D eigenvalue weighted by Gasteiger charge is -2.16. The summed E-state index contributed by atoms with van der Waals surface area (Å²) in [6.45, 7) is 5.35. The van der Waals surface area contributed by atoms with Crippen LogP contribution in [0.3, 0.4) is 0 Å². The van der Waals surface area contributed by atoms with Gasteiger partial charge in [-0.3, -0.25) is 4.79 Å². The van der Waals surface area contributed by atoms with Crippen LogP contribution in [0.4, 0.5) is 0 Å². The van der Waals surface area contributed by atoms with Crippen molar-refractivity contribution >= 4 is 11.8 Å². The zero-order valence-electron chi connectivity index (χ0n) is 11.8. The van der Waals surface area contributed by atoms with Crippen molar-refractivity contribution in [3.8, 4) is 0 Å². The molecule has 0 saturated heterocycles. The zero-order chi connectivity index (χ0) is 14.9. The average molecular weight is 271 g/mol. The van der Waals surface area contributed by atoms with Crippen LogP contribution >= 0.6 is 0 Å². The summed E-state index contributed by atoms with van der Waals surface area (Å²) in [7, 11) is 0. The van der Waals surface area contributed by atoms with Crippen molar-refractivity contribution in [3.05, 3.63) is 58.9 Å². The smallest absolute Gasteiger partial charge is 0.352 e. The summed E-state index contributed by atoms with van der Waals surface area (Å²) in [4.78, 5) is 22.7. The molecule has 1 N–H and O–H groups in total. The first-order chi connectivity index (χ1) is 9.40. The normalized spacial score (nSPS) is 12.2. The quantitative estimate of drug-likeness (QED) is 0.868. The molecule has 20 heavy (non-hydrogen) atoms. The summed E-state index contributed by atoms with van der Waals surface area (Å²) in [5.74, 6) is -1.17. The van der Waals surface area contributed by atoms with Gasteiger partial charge in [0.1, 0.15) is 5.69 Å². The number of hydrogen-bond acceptors (Lipinski definition) is 2. The first-order valence-electron chi connectivity index (χ1n) is 6.43. The SMILES string of the molecule is CC(=O)c1cc(C(=O)O)n(C(C)c2ccc(C)cc2)c1. The van der Waals surface area contributed by atoms with E-state index in [1.165, 1.54) is 13.0 Å². The lowest BCUT2D eigenvalue weighted by Crippen LogP contribution is -2.12. The number of nitrogens with zero attached hydrogens (tertiary/aromatic N) is 1. The number of carboxylic acids is 1. The van der Waals surface area contributed by atoms with Crippen molar-refractivity contribution in [2.45, 2.75) is 26.8 Å². The van der Waals surface area contributed by atoms with Crippen LogP contribution < -0.4 is 0 Å². The predicted molar refractivity (Wildman–Crippen MR) is 76.4 cm³/mol. The van der Waals surface area contributed by atoms with E-state index in [1.54, 1.807) is 10.8 Å². The molecule has 1 aromatic heterocycles. The molecule has 1 unspecified atom stereocenters. The third kappa shape index (κ3) is 2.64. The Morgan fingerprint density at radius 1 is 1.20 bits per heavy atom. The summed E-state index contributed by atoms with van der Waals surface area (Å²) in [6, 6.07) is 9.20. The molecule has 0 radical (unpaired) electrons. The Bertz CT molecular complexity index is 653. The molecular formula is C16H17NO3. The number of ketones is 1. The molecule has 2 aromatic rings. The Morgan fingerprint density at radius 2 is 1.80 bits per heavy atom. The maximum atomic E-state index is 11.4. The van der Waals surface area contributed by atoms with Gasteiger partial charge in [0.15, 0.2) is 5.78 Å². The standard InChI is InChI=1S/C16H17NO3/c1-10-4-6-13(7-5-10)11(2)17-9-14(12(3)18)8-15(17)16(19)20/h4-9,11H,1-3H3,(H,19,20). The molecule has 0 fully saturated rings. The van der Waals surface area contributed by atoms with E-state index in [2.05, 4.69) is 0 Å². The monoisotopic (exact) mass is 271 g/mol. The van der Waals surface area contributed by atoms with Crippen molar-refractivity contribution in [2.75, 3.05) is 0 Å². The van der Waals surface area contributed by atoms with Gasteiger partial charge in [-0.1, -0.05) is 29.8 Å². The van der Waals surface area contributed by atoms with Gasteiger partial charge in [-0.15, -0.1) is 0 Å². The van der Waals surface area contributed by atoms with Crippen molar-refractivity contribution in [3.63, 3.8) is 0 Å². The predicted octanol–water partition coefficient (Wildman–Crippen LogP) is 3.31. The van der Waals surface area contributed by atoms with Crippen LogP contribution in [0.1, 0.15) is 51.9 Å². The highest BCUT2D eigenvalue weighted by Gasteiger charge is 2.19. The third-order valence-electron chi connectivity index (χ3n) is 3.45. The number of carboxylic acid groups (broad SMARTS) is 1. The van der Waals surface area contributed by atoms with Crippen molar-refractivity contribution < 1.29 is 14.7 Å². The minimum Gasteiger partial charge on any atom is -0.477 e. The van der Waals surface area contributed by atoms with Crippen LogP contribution in [-0.4, -0.2) is 21.4 Å². The van der Waals surface area contributed by atoms with E-state index in [0.717, 1.165) is 11.1 Å². The van der Waals surface area contributed by atoms with E-state index in [1.807, 2.05) is 38.1 Å². The van der Waals surface area contributed by atoms with Gasteiger partial charge < -0.3 is 9.67 Å². The Balaban J connectivity index is 2.47. The molecule has 1 aromatic carbocycles. The second-order valence-electron chi connectivity index (χ2n) is 4.97. The lowest BCUT2D eigenvalue weighted by molar-refractivity contribution is 0.0684. The van der Waals surface area contributed by atoms with Crippen LogP contribution in [0.25, 0.3) is 0 Å². The summed E-state index contributed by atoms with van der Waals surface area (Å²) in [5, 5.41) is 9.27. The number of rotatable bonds is 4. The van der Waals surface area contributed by atoms with Crippen molar-refractivity contribution in [1.29, 1.82) is 0 Å². The van der Waals surface area contributed by atoms with Crippen LogP contribution in [0.15, 0.2) is 36.5 Å². The van der Waals surface area contributed by atoms with Gasteiger partial charge in [0, 0.05) is 11.8 Å². The number of aromatic carboxylic acids is 1. The largest absolute Gasteiger partial charge is 0.477 e. The maximum Gasteiger partial charge on any atom is 0.352 e. The molecule has 0 amide bonds. The highest BCUT2D eigenvalue weighted by atomic mass is 16.4. The molecular weight excluding hydrogens is 254 g/mol. The van der Waals surface area contributed by atoms with Crippen LogP contribution in [-0.2, 0) is 0 Å². The Hall–Kier alpha value is -2.36. The molecule has 0 aliphatic rings. The number of aromatic nitrogens is 1. The van der Waals surface area contributed by atoms with Gasteiger partial charge in [0.2, 0.25) is 0 Å². The fourth-order valence-electron chi connectivity index (χ4n) is 2.17. The van der Waals surface area contributed by atoms with Crippen molar-refractivity contribution in [2.24, 2.45) is 0 Å². The molecule has 2 rings (SSSR count). The summed E-state index contributed by atoms with van der Waals surface area (Å²) >= 11 is 0. The number of aryl methyl sites for hydroxylation is 1. The van der Waals surface area contributed by atoms with Gasteiger partial charge in [0.05, 0.1) is 6.04 Å². The Morgan fingerprint density at radius 3 is 2.30 bits per heavy atom. The molecule has 1 atom stereocenters. The van der Waals surface area contributed by atoms with Gasteiger partial charge >= 0.3 is 5.97 Å². The van der Waals surface area contributed by atoms with Crippen molar-refractivity contribution in [1.82, 2.24) is 4.57 Å². The van der Waals surface area contributed by atoms with Gasteiger partial charge in [-0.2, -0.15) is 0 Å². The summed E-state index contributed by atoms with van der Waals surface area (Å²) < 4.78 is 1.63. The highest BCUT2D eigenvalue weighted by Crippen LogP contribution is 2.23. The molecule has 4 heteroatoms. The highest BCUT2D eigenvalue weighted by molar-refractivity contribution is 5.97. The van der Waals surface area contributed by atoms with Gasteiger partial charge in [0.25, 0.3) is 0 Å². The van der Waals surface area contributed by atoms with Crippen LogP contribution in [0, 0.1) is 6.92 Å². The first-order valence-corrected chi connectivity index (χ1v) is 6.43. The Kier molecular flexibility index (Phi) is 3.74. The number of hydrogen-bond donors (Lipinski definition) is 1. The maximum absolute atomic E-state index is 11.4. The molecule has 0 aliphatic carbocycles. The second-order valence-corrected chi connectivity index (χ2v) is 4.97. The van der Waals surface area contributed by atoms with E-state index in [4.69, 9.17) is 0 Å². The van der Waals surface area contributed by atoms with E-state index >= 15 is 0 Å². The fourth-order valence-corrected chi connectivity index (χ4v) is 2.17. The molecule has 0 saturated carbocycles. The number of carbonyl (C=O) groups is 2. The minimum atomic E-state index is -1.03. The first kappa shape index (κ1) is 14.1. The molecule has 104 valence electrons. The lowest BCUT2D eigenvalue weighted by atomic mass is 10.1. The Labute approximate surface area is 117 Å². The average Bonchev–Trinajstić information content (AvgIpc) is 2.84. The number of carbonyl (C=O) groups excluding carboxylic acids is 1. The van der Waals surface area contributed by atoms with E-state index in [0.29, 0.717) is 5.56 Å². The zero-order valence-corrected chi connectivity index (χ0v) is 11.8. The molecule has 0 spiro atoms. The van der Waals surface area contributed by atoms with Gasteiger partial charge in [-0.25, -0.2) is 4.79 Å². The van der Waals surface area contributed by atoms with E-state index < -0.39 is 5.97 Å². The summed E-state index contributed by atoms with van der Waals surface area (Å²) in [5.41, 5.74) is 2.70. The van der Waals surface area contributed by atoms with Crippen LogP contribution in [0.5, 0.6) is 0 Å². The molecule has 1 heterocycles. The topological polar surface area (TPSA) is 59.3 Å². The van der Waals surface area contributed by atoms with E-state index in [-0.39, 0.29) is 17.5 Å². The third-order valence-corrected chi connectivity index (χ3v) is 3.45. The minimum absolute atomic E-state index is 0.128. The molecule has 4 nitrogen and oxygen atoms in total. The number of benzene rings is 1. The van der Waals surface area contributed by atoms with Gasteiger partial charge in [-0.05, 0) is 32.4 Å². The number of Topliss-reactive ketones (excluding diaryl/α,β-unsaturated/α-hetero) is 1. The molecule has 0 aliphatic heterocycles. The molecule has 0 bridgehead atoms.